The summed E-state index contributed by atoms with van der Waals surface area (Å²) in [4.78, 5) is 18.5. The van der Waals surface area contributed by atoms with Crippen LogP contribution in [0.2, 0.25) is 0 Å². The van der Waals surface area contributed by atoms with E-state index in [0.717, 1.165) is 50.9 Å². The quantitative estimate of drug-likeness (QED) is 0.751. The first-order valence-corrected chi connectivity index (χ1v) is 9.54. The van der Waals surface area contributed by atoms with Crippen molar-refractivity contribution >= 4 is 6.09 Å². The highest BCUT2D eigenvalue weighted by molar-refractivity contribution is 5.71. The lowest BCUT2D eigenvalue weighted by Gasteiger charge is -2.28. The van der Waals surface area contributed by atoms with Crippen LogP contribution in [-0.4, -0.2) is 85.4 Å². The standard InChI is InChI=1S/C19H25F2N3O3/c20-15-3-2-14(10-16(15)21)11-23-12-17-18(13-23)27-19(25)24(17)5-1-4-22-6-8-26-9-7-22/h2-3,10,17-18H,1,4-9,11-13H2/t17-,18+/m0/s1. The Balaban J connectivity index is 1.29. The van der Waals surface area contributed by atoms with Gasteiger partial charge in [-0.3, -0.25) is 9.80 Å². The first-order chi connectivity index (χ1) is 13.1. The van der Waals surface area contributed by atoms with E-state index in [1.807, 2.05) is 4.90 Å². The third-order valence-electron chi connectivity index (χ3n) is 5.57. The average Bonchev–Trinajstić information content (AvgIpc) is 3.16. The molecule has 1 aromatic carbocycles. The number of benzene rings is 1. The van der Waals surface area contributed by atoms with Crippen molar-refractivity contribution in [3.63, 3.8) is 0 Å². The van der Waals surface area contributed by atoms with Gasteiger partial charge in [0.25, 0.3) is 0 Å². The lowest BCUT2D eigenvalue weighted by molar-refractivity contribution is 0.0362. The summed E-state index contributed by atoms with van der Waals surface area (Å²) in [5.41, 5.74) is 0.721. The predicted octanol–water partition coefficient (Wildman–Crippen LogP) is 1.69. The lowest BCUT2D eigenvalue weighted by Crippen LogP contribution is -2.41. The molecule has 3 aliphatic rings. The van der Waals surface area contributed by atoms with Crippen LogP contribution < -0.4 is 0 Å². The molecule has 0 spiro atoms. The van der Waals surface area contributed by atoms with Gasteiger partial charge in [-0.2, -0.15) is 0 Å². The van der Waals surface area contributed by atoms with E-state index >= 15 is 0 Å². The fraction of sp³-hybridized carbons (Fsp3) is 0.632. The summed E-state index contributed by atoms with van der Waals surface area (Å²) in [6.45, 7) is 6.88. The lowest BCUT2D eigenvalue weighted by atomic mass is 10.2. The molecule has 3 fully saturated rings. The van der Waals surface area contributed by atoms with Crippen LogP contribution in [0.15, 0.2) is 18.2 Å². The highest BCUT2D eigenvalue weighted by Crippen LogP contribution is 2.28. The molecule has 0 bridgehead atoms. The number of morpholine rings is 1. The summed E-state index contributed by atoms with van der Waals surface area (Å²) < 4.78 is 37.4. The fourth-order valence-electron chi connectivity index (χ4n) is 4.15. The zero-order valence-corrected chi connectivity index (χ0v) is 15.3. The molecule has 27 heavy (non-hydrogen) atoms. The third-order valence-corrected chi connectivity index (χ3v) is 5.57. The SMILES string of the molecule is O=C1O[C@@H]2CN(Cc3ccc(F)c(F)c3)C[C@@H]2N1CCCN1CCOCC1. The van der Waals surface area contributed by atoms with E-state index in [9.17, 15) is 13.6 Å². The van der Waals surface area contributed by atoms with Crippen LogP contribution in [0.25, 0.3) is 0 Å². The maximum Gasteiger partial charge on any atom is 0.410 e. The maximum absolute atomic E-state index is 13.4. The van der Waals surface area contributed by atoms with E-state index in [1.165, 1.54) is 6.07 Å². The van der Waals surface area contributed by atoms with Gasteiger partial charge in [0.15, 0.2) is 11.6 Å². The van der Waals surface area contributed by atoms with Crippen molar-refractivity contribution in [1.82, 2.24) is 14.7 Å². The van der Waals surface area contributed by atoms with Crippen LogP contribution >= 0.6 is 0 Å². The van der Waals surface area contributed by atoms with E-state index in [0.29, 0.717) is 26.2 Å². The zero-order valence-electron chi connectivity index (χ0n) is 15.3. The molecule has 4 rings (SSSR count). The second-order valence-corrected chi connectivity index (χ2v) is 7.43. The number of fused-ring (bicyclic) bond motifs is 1. The van der Waals surface area contributed by atoms with Crippen molar-refractivity contribution in [3.8, 4) is 0 Å². The molecule has 3 aliphatic heterocycles. The van der Waals surface area contributed by atoms with Crippen LogP contribution in [0.4, 0.5) is 13.6 Å². The van der Waals surface area contributed by atoms with Gasteiger partial charge in [-0.15, -0.1) is 0 Å². The number of hydrogen-bond acceptors (Lipinski definition) is 5. The Morgan fingerprint density at radius 2 is 1.85 bits per heavy atom. The van der Waals surface area contributed by atoms with E-state index < -0.39 is 11.6 Å². The molecule has 0 aliphatic carbocycles. The number of amides is 1. The Morgan fingerprint density at radius 3 is 2.63 bits per heavy atom. The smallest absolute Gasteiger partial charge is 0.410 e. The van der Waals surface area contributed by atoms with Crippen molar-refractivity contribution in [2.75, 3.05) is 52.5 Å². The predicted molar refractivity (Wildman–Crippen MR) is 94.3 cm³/mol. The maximum atomic E-state index is 13.4. The molecule has 8 heteroatoms. The number of carbonyl (C=O) groups is 1. The molecule has 0 radical (unpaired) electrons. The highest BCUT2D eigenvalue weighted by atomic mass is 19.2. The van der Waals surface area contributed by atoms with Gasteiger partial charge in [0.1, 0.15) is 6.10 Å². The van der Waals surface area contributed by atoms with E-state index in [4.69, 9.17) is 9.47 Å². The Hall–Kier alpha value is -1.77. The van der Waals surface area contributed by atoms with E-state index in [-0.39, 0.29) is 18.2 Å². The van der Waals surface area contributed by atoms with Crippen LogP contribution in [-0.2, 0) is 16.0 Å². The van der Waals surface area contributed by atoms with Gasteiger partial charge in [-0.05, 0) is 24.1 Å². The van der Waals surface area contributed by atoms with E-state index in [1.54, 1.807) is 6.07 Å². The highest BCUT2D eigenvalue weighted by Gasteiger charge is 2.47. The van der Waals surface area contributed by atoms with Gasteiger partial charge in [-0.1, -0.05) is 6.07 Å². The summed E-state index contributed by atoms with van der Waals surface area (Å²) in [7, 11) is 0. The molecule has 0 unspecified atom stereocenters. The first kappa shape index (κ1) is 18.6. The molecule has 3 saturated heterocycles. The van der Waals surface area contributed by atoms with Gasteiger partial charge in [0, 0.05) is 45.8 Å². The zero-order chi connectivity index (χ0) is 18.8. The van der Waals surface area contributed by atoms with Crippen LogP contribution in [0.1, 0.15) is 12.0 Å². The average molecular weight is 381 g/mol. The number of likely N-dealkylation sites (tertiary alicyclic amines) is 1. The third kappa shape index (κ3) is 4.23. The number of carbonyl (C=O) groups excluding carboxylic acids is 1. The molecule has 6 nitrogen and oxygen atoms in total. The van der Waals surface area contributed by atoms with E-state index in [2.05, 4.69) is 9.80 Å². The Morgan fingerprint density at radius 1 is 1.04 bits per heavy atom. The molecular formula is C19H25F2N3O3. The normalized spacial score (nSPS) is 26.4. The Bertz CT molecular complexity index is 684. The Kier molecular flexibility index (Phi) is 5.56. The molecule has 2 atom stereocenters. The number of nitrogens with zero attached hydrogens (tertiary/aromatic N) is 3. The molecule has 0 aromatic heterocycles. The van der Waals surface area contributed by atoms with Crippen LogP contribution in [0.5, 0.6) is 0 Å². The van der Waals surface area contributed by atoms with Crippen LogP contribution in [0.3, 0.4) is 0 Å². The molecule has 0 N–H and O–H groups in total. The molecule has 0 saturated carbocycles. The number of hydrogen-bond donors (Lipinski definition) is 0. The van der Waals surface area contributed by atoms with Gasteiger partial charge < -0.3 is 14.4 Å². The topological polar surface area (TPSA) is 45.2 Å². The summed E-state index contributed by atoms with van der Waals surface area (Å²) in [5, 5.41) is 0. The summed E-state index contributed by atoms with van der Waals surface area (Å²) >= 11 is 0. The van der Waals surface area contributed by atoms with Crippen molar-refractivity contribution in [2.24, 2.45) is 0 Å². The fourth-order valence-corrected chi connectivity index (χ4v) is 4.15. The largest absolute Gasteiger partial charge is 0.442 e. The van der Waals surface area contributed by atoms with Gasteiger partial charge >= 0.3 is 6.09 Å². The molecule has 1 amide bonds. The molecule has 148 valence electrons. The van der Waals surface area contributed by atoms with Crippen molar-refractivity contribution in [1.29, 1.82) is 0 Å². The van der Waals surface area contributed by atoms with Gasteiger partial charge in [-0.25, -0.2) is 13.6 Å². The van der Waals surface area contributed by atoms with Crippen LogP contribution in [0, 0.1) is 11.6 Å². The van der Waals surface area contributed by atoms with Crippen molar-refractivity contribution in [3.05, 3.63) is 35.4 Å². The van der Waals surface area contributed by atoms with Gasteiger partial charge in [0.05, 0.1) is 19.3 Å². The number of halogens is 2. The Labute approximate surface area is 157 Å². The monoisotopic (exact) mass is 381 g/mol. The second-order valence-electron chi connectivity index (χ2n) is 7.43. The summed E-state index contributed by atoms with van der Waals surface area (Å²) in [5.74, 6) is -1.67. The van der Waals surface area contributed by atoms with Crippen molar-refractivity contribution in [2.45, 2.75) is 25.1 Å². The minimum absolute atomic E-state index is 0.0347. The first-order valence-electron chi connectivity index (χ1n) is 9.54. The molecular weight excluding hydrogens is 356 g/mol. The number of ether oxygens (including phenoxy) is 2. The molecule has 1 aromatic rings. The minimum atomic E-state index is -0.836. The number of rotatable bonds is 6. The second kappa shape index (κ2) is 8.08. The molecule has 3 heterocycles. The summed E-state index contributed by atoms with van der Waals surface area (Å²) in [6, 6.07) is 4.01. The summed E-state index contributed by atoms with van der Waals surface area (Å²) in [6.07, 6.45) is 0.521. The minimum Gasteiger partial charge on any atom is -0.442 e. The van der Waals surface area contributed by atoms with Gasteiger partial charge in [0.2, 0.25) is 0 Å². The van der Waals surface area contributed by atoms with Crippen molar-refractivity contribution < 1.29 is 23.0 Å².